The first-order valence-electron chi connectivity index (χ1n) is 4.52. The third kappa shape index (κ3) is 3.04. The van der Waals surface area contributed by atoms with E-state index in [9.17, 15) is 0 Å². The molecule has 1 unspecified atom stereocenters. The third-order valence-electron chi connectivity index (χ3n) is 1.96. The zero-order valence-electron chi connectivity index (χ0n) is 8.71. The molecule has 0 radical (unpaired) electrons. The van der Waals surface area contributed by atoms with E-state index in [1.54, 1.807) is 14.2 Å². The molecule has 0 aliphatic carbocycles. The quantitative estimate of drug-likeness (QED) is 0.629. The van der Waals surface area contributed by atoms with E-state index in [4.69, 9.17) is 9.47 Å². The number of alkyl halides is 1. The van der Waals surface area contributed by atoms with Crippen molar-refractivity contribution in [3.8, 4) is 11.5 Å². The molecular formula is C11H15IO2. The van der Waals surface area contributed by atoms with Crippen molar-refractivity contribution in [1.29, 1.82) is 0 Å². The maximum Gasteiger partial charge on any atom is 0.160 e. The SMILES string of the molecule is COc1ccc(CC(C)I)cc1OC. The summed E-state index contributed by atoms with van der Waals surface area (Å²) in [6, 6.07) is 6.07. The van der Waals surface area contributed by atoms with E-state index >= 15 is 0 Å². The zero-order chi connectivity index (χ0) is 10.6. The maximum absolute atomic E-state index is 5.23. The van der Waals surface area contributed by atoms with E-state index in [-0.39, 0.29) is 0 Å². The summed E-state index contributed by atoms with van der Waals surface area (Å²) in [6.07, 6.45) is 1.06. The number of hydrogen-bond donors (Lipinski definition) is 0. The monoisotopic (exact) mass is 306 g/mol. The smallest absolute Gasteiger partial charge is 0.160 e. The van der Waals surface area contributed by atoms with Crippen molar-refractivity contribution in [3.05, 3.63) is 23.8 Å². The number of rotatable bonds is 4. The van der Waals surface area contributed by atoms with Gasteiger partial charge >= 0.3 is 0 Å². The number of halogens is 1. The molecule has 0 saturated carbocycles. The van der Waals surface area contributed by atoms with Crippen molar-refractivity contribution in [2.24, 2.45) is 0 Å². The molecule has 0 N–H and O–H groups in total. The first-order valence-corrected chi connectivity index (χ1v) is 5.77. The predicted octanol–water partition coefficient (Wildman–Crippen LogP) is 3.07. The molecule has 1 aromatic carbocycles. The van der Waals surface area contributed by atoms with Gasteiger partial charge in [0, 0.05) is 3.92 Å². The second kappa shape index (κ2) is 5.44. The van der Waals surface area contributed by atoms with Crippen LogP contribution in [-0.2, 0) is 6.42 Å². The Kier molecular flexibility index (Phi) is 4.51. The highest BCUT2D eigenvalue weighted by atomic mass is 127. The summed E-state index contributed by atoms with van der Waals surface area (Å²) in [6.45, 7) is 2.19. The Morgan fingerprint density at radius 1 is 1.21 bits per heavy atom. The van der Waals surface area contributed by atoms with Crippen LogP contribution in [0.2, 0.25) is 0 Å². The van der Waals surface area contributed by atoms with Gasteiger partial charge in [-0.2, -0.15) is 0 Å². The van der Waals surface area contributed by atoms with E-state index in [2.05, 4.69) is 35.6 Å². The van der Waals surface area contributed by atoms with Gasteiger partial charge in [0.25, 0.3) is 0 Å². The van der Waals surface area contributed by atoms with Crippen molar-refractivity contribution in [1.82, 2.24) is 0 Å². The highest BCUT2D eigenvalue weighted by Crippen LogP contribution is 2.28. The van der Waals surface area contributed by atoms with Gasteiger partial charge in [0.1, 0.15) is 0 Å². The highest BCUT2D eigenvalue weighted by Gasteiger charge is 2.05. The largest absolute Gasteiger partial charge is 0.493 e. The van der Waals surface area contributed by atoms with Crippen LogP contribution in [-0.4, -0.2) is 18.1 Å². The Morgan fingerprint density at radius 3 is 2.36 bits per heavy atom. The van der Waals surface area contributed by atoms with Gasteiger partial charge in [-0.1, -0.05) is 35.6 Å². The number of hydrogen-bond acceptors (Lipinski definition) is 2. The van der Waals surface area contributed by atoms with Crippen LogP contribution in [0.3, 0.4) is 0 Å². The van der Waals surface area contributed by atoms with Crippen LogP contribution in [0.5, 0.6) is 11.5 Å². The lowest BCUT2D eigenvalue weighted by Gasteiger charge is -2.10. The molecule has 1 rings (SSSR count). The topological polar surface area (TPSA) is 18.5 Å². The van der Waals surface area contributed by atoms with Gasteiger partial charge in [-0.15, -0.1) is 0 Å². The molecule has 2 nitrogen and oxygen atoms in total. The van der Waals surface area contributed by atoms with Gasteiger partial charge < -0.3 is 9.47 Å². The average molecular weight is 306 g/mol. The Balaban J connectivity index is 2.89. The Labute approximate surface area is 98.7 Å². The summed E-state index contributed by atoms with van der Waals surface area (Å²) in [7, 11) is 3.31. The summed E-state index contributed by atoms with van der Waals surface area (Å²) < 4.78 is 11.0. The van der Waals surface area contributed by atoms with E-state index < -0.39 is 0 Å². The van der Waals surface area contributed by atoms with Crippen LogP contribution in [0.15, 0.2) is 18.2 Å². The standard InChI is InChI=1S/C11H15IO2/c1-8(12)6-9-4-5-10(13-2)11(7-9)14-3/h4-5,7-8H,6H2,1-3H3. The van der Waals surface area contributed by atoms with Gasteiger partial charge in [-0.05, 0) is 24.1 Å². The van der Waals surface area contributed by atoms with Crippen LogP contribution in [0.25, 0.3) is 0 Å². The molecule has 1 atom stereocenters. The summed E-state index contributed by atoms with van der Waals surface area (Å²) in [5.41, 5.74) is 1.28. The lowest BCUT2D eigenvalue weighted by atomic mass is 10.1. The van der Waals surface area contributed by atoms with Crippen LogP contribution in [0.1, 0.15) is 12.5 Å². The first-order chi connectivity index (χ1) is 6.67. The summed E-state index contributed by atoms with van der Waals surface area (Å²) >= 11 is 2.42. The van der Waals surface area contributed by atoms with Gasteiger partial charge in [-0.3, -0.25) is 0 Å². The van der Waals surface area contributed by atoms with Gasteiger partial charge in [0.05, 0.1) is 14.2 Å². The molecule has 0 saturated heterocycles. The molecular weight excluding hydrogens is 291 g/mol. The molecule has 1 aromatic rings. The number of methoxy groups -OCH3 is 2. The minimum absolute atomic E-state index is 0.630. The van der Waals surface area contributed by atoms with Crippen molar-refractivity contribution in [2.75, 3.05) is 14.2 Å². The predicted molar refractivity (Wildman–Crippen MR) is 66.7 cm³/mol. The molecule has 0 amide bonds. The normalized spacial score (nSPS) is 12.3. The van der Waals surface area contributed by atoms with Crippen LogP contribution in [0, 0.1) is 0 Å². The number of benzene rings is 1. The Bertz CT molecular complexity index is 297. The van der Waals surface area contributed by atoms with Crippen LogP contribution < -0.4 is 9.47 Å². The fourth-order valence-electron chi connectivity index (χ4n) is 1.33. The second-order valence-corrected chi connectivity index (χ2v) is 5.30. The van der Waals surface area contributed by atoms with Crippen molar-refractivity contribution >= 4 is 22.6 Å². The van der Waals surface area contributed by atoms with E-state index in [1.807, 2.05) is 12.1 Å². The van der Waals surface area contributed by atoms with Crippen molar-refractivity contribution < 1.29 is 9.47 Å². The van der Waals surface area contributed by atoms with Gasteiger partial charge in [0.15, 0.2) is 11.5 Å². The summed E-state index contributed by atoms with van der Waals surface area (Å²) in [5, 5.41) is 0. The van der Waals surface area contributed by atoms with E-state index in [1.165, 1.54) is 5.56 Å². The third-order valence-corrected chi connectivity index (χ3v) is 2.41. The van der Waals surface area contributed by atoms with Crippen LogP contribution in [0.4, 0.5) is 0 Å². The molecule has 0 bridgehead atoms. The lowest BCUT2D eigenvalue weighted by Crippen LogP contribution is -1.98. The molecule has 0 aliphatic heterocycles. The van der Waals surface area contributed by atoms with Gasteiger partial charge in [0.2, 0.25) is 0 Å². The lowest BCUT2D eigenvalue weighted by molar-refractivity contribution is 0.354. The fraction of sp³-hybridized carbons (Fsp3) is 0.455. The van der Waals surface area contributed by atoms with E-state index in [0.717, 1.165) is 17.9 Å². The van der Waals surface area contributed by atoms with Crippen molar-refractivity contribution in [2.45, 2.75) is 17.3 Å². The van der Waals surface area contributed by atoms with Crippen LogP contribution >= 0.6 is 22.6 Å². The molecule has 0 heterocycles. The molecule has 0 aromatic heterocycles. The van der Waals surface area contributed by atoms with E-state index in [0.29, 0.717) is 3.92 Å². The Hall–Kier alpha value is -0.450. The molecule has 78 valence electrons. The molecule has 0 fully saturated rings. The fourth-order valence-corrected chi connectivity index (χ4v) is 1.84. The second-order valence-electron chi connectivity index (χ2n) is 3.17. The molecule has 0 aliphatic rings. The summed E-state index contributed by atoms with van der Waals surface area (Å²) in [5.74, 6) is 1.60. The zero-order valence-corrected chi connectivity index (χ0v) is 10.9. The first kappa shape index (κ1) is 11.6. The average Bonchev–Trinajstić information content (AvgIpc) is 2.16. The molecule has 3 heteroatoms. The highest BCUT2D eigenvalue weighted by molar-refractivity contribution is 14.1. The maximum atomic E-state index is 5.23. The molecule has 14 heavy (non-hydrogen) atoms. The number of ether oxygens (including phenoxy) is 2. The van der Waals surface area contributed by atoms with Crippen molar-refractivity contribution in [3.63, 3.8) is 0 Å². The molecule has 0 spiro atoms. The minimum Gasteiger partial charge on any atom is -0.493 e. The summed E-state index contributed by atoms with van der Waals surface area (Å²) in [4.78, 5) is 0. The van der Waals surface area contributed by atoms with Gasteiger partial charge in [-0.25, -0.2) is 0 Å². The minimum atomic E-state index is 0.630. The Morgan fingerprint density at radius 2 is 1.86 bits per heavy atom.